The van der Waals surface area contributed by atoms with Crippen molar-refractivity contribution in [3.05, 3.63) is 23.8 Å². The van der Waals surface area contributed by atoms with Gasteiger partial charge in [0.2, 0.25) is 0 Å². The van der Waals surface area contributed by atoms with Crippen molar-refractivity contribution in [1.29, 1.82) is 0 Å². The van der Waals surface area contributed by atoms with Gasteiger partial charge in [-0.25, -0.2) is 8.42 Å². The molecule has 7 nitrogen and oxygen atoms in total. The van der Waals surface area contributed by atoms with Crippen LogP contribution < -0.4 is 40.2 Å². The first-order valence-electron chi connectivity index (χ1n) is 6.88. The first-order valence-corrected chi connectivity index (χ1v) is 8.29. The summed E-state index contributed by atoms with van der Waals surface area (Å²) in [6.07, 6.45) is 0. The maximum absolute atomic E-state index is 11.1. The minimum Gasteiger partial charge on any atom is -0.744 e. The second-order valence-electron chi connectivity index (χ2n) is 5.02. The van der Waals surface area contributed by atoms with Crippen LogP contribution >= 0.6 is 0 Å². The predicted molar refractivity (Wildman–Crippen MR) is 77.1 cm³/mol. The molecular weight excluding hydrogens is 317 g/mol. The van der Waals surface area contributed by atoms with Crippen molar-refractivity contribution in [1.82, 2.24) is 15.5 Å². The first kappa shape index (κ1) is 19.9. The van der Waals surface area contributed by atoms with Crippen LogP contribution in [0.4, 0.5) is 0 Å². The third-order valence-electron chi connectivity index (χ3n) is 3.42. The molecule has 0 aliphatic carbocycles. The molecule has 1 fully saturated rings. The van der Waals surface area contributed by atoms with Gasteiger partial charge in [0.05, 0.1) is 4.90 Å². The summed E-state index contributed by atoms with van der Waals surface area (Å²) in [5, 5.41) is 16.4. The van der Waals surface area contributed by atoms with Gasteiger partial charge in [-0.2, -0.15) is 0 Å². The second kappa shape index (κ2) is 9.19. The van der Waals surface area contributed by atoms with Crippen molar-refractivity contribution in [2.75, 3.05) is 39.3 Å². The quantitative estimate of drug-likeness (QED) is 0.385. The van der Waals surface area contributed by atoms with Gasteiger partial charge in [-0.3, -0.25) is 4.90 Å². The summed E-state index contributed by atoms with van der Waals surface area (Å²) in [7, 11) is -4.51. The van der Waals surface area contributed by atoms with E-state index in [2.05, 4.69) is 15.5 Å². The van der Waals surface area contributed by atoms with Crippen molar-refractivity contribution in [2.45, 2.75) is 11.4 Å². The third kappa shape index (κ3) is 6.13. The average Bonchev–Trinajstić information content (AvgIpc) is 2.54. The van der Waals surface area contributed by atoms with E-state index in [9.17, 15) is 18.1 Å². The molecule has 1 aromatic carbocycles. The molecule has 1 aliphatic heterocycles. The van der Waals surface area contributed by atoms with E-state index in [1.165, 1.54) is 12.1 Å². The van der Waals surface area contributed by atoms with Crippen LogP contribution in [0.3, 0.4) is 0 Å². The molecule has 22 heavy (non-hydrogen) atoms. The van der Waals surface area contributed by atoms with Gasteiger partial charge in [-0.05, 0) is 18.2 Å². The number of nitrogens with zero attached hydrogens (tertiary/aromatic N) is 1. The number of nitrogens with one attached hydrogen (secondary N) is 2. The molecule has 0 spiro atoms. The molecule has 1 saturated heterocycles. The fourth-order valence-electron chi connectivity index (χ4n) is 2.26. The minimum atomic E-state index is -4.51. The number of phenols is 1. The summed E-state index contributed by atoms with van der Waals surface area (Å²) >= 11 is 0. The normalized spacial score (nSPS) is 17.9. The van der Waals surface area contributed by atoms with Crippen LogP contribution in [-0.2, 0) is 16.7 Å². The van der Waals surface area contributed by atoms with Crippen LogP contribution in [0, 0.1) is 0 Å². The molecule has 0 radical (unpaired) electrons. The van der Waals surface area contributed by atoms with E-state index in [0.717, 1.165) is 45.3 Å². The molecule has 0 amide bonds. The number of phenolic OH excluding ortho intramolecular Hbond substituents is 1. The monoisotopic (exact) mass is 337 g/mol. The van der Waals surface area contributed by atoms with Crippen LogP contribution in [-0.4, -0.2) is 62.2 Å². The van der Waals surface area contributed by atoms with E-state index >= 15 is 0 Å². The van der Waals surface area contributed by atoms with Gasteiger partial charge in [0.25, 0.3) is 0 Å². The summed E-state index contributed by atoms with van der Waals surface area (Å²) in [5.41, 5.74) is 0.450. The number of hydrogen-bond donors (Lipinski definition) is 3. The van der Waals surface area contributed by atoms with Crippen molar-refractivity contribution in [3.8, 4) is 5.75 Å². The number of benzene rings is 1. The standard InChI is InChI=1S/C13H21N3O4S.Na/c17-13-2-1-12(21(18,19)20)9-11(13)10-16-7-5-14-3-4-15-6-8-16;/h1-2,9,14-15,17H,3-8,10H2,(H,18,19,20);/q;+1/p-1. The fourth-order valence-corrected chi connectivity index (χ4v) is 2.78. The number of aromatic hydroxyl groups is 1. The molecule has 1 aliphatic rings. The number of rotatable bonds is 3. The maximum atomic E-state index is 11.1. The summed E-state index contributed by atoms with van der Waals surface area (Å²) in [6, 6.07) is 3.64. The van der Waals surface area contributed by atoms with Crippen LogP contribution in [0.2, 0.25) is 0 Å². The van der Waals surface area contributed by atoms with E-state index < -0.39 is 10.1 Å². The molecule has 3 N–H and O–H groups in total. The Labute approximate surface area is 153 Å². The minimum absolute atomic E-state index is 0. The topological polar surface area (TPSA) is 105 Å². The molecule has 0 aromatic heterocycles. The van der Waals surface area contributed by atoms with Gasteiger partial charge in [0.15, 0.2) is 0 Å². The Morgan fingerprint density at radius 3 is 2.27 bits per heavy atom. The van der Waals surface area contributed by atoms with Crippen molar-refractivity contribution in [3.63, 3.8) is 0 Å². The van der Waals surface area contributed by atoms with Gasteiger partial charge >= 0.3 is 29.6 Å². The molecule has 2 rings (SSSR count). The molecule has 1 aromatic rings. The summed E-state index contributed by atoms with van der Waals surface area (Å²) in [5.74, 6) is 0.00295. The maximum Gasteiger partial charge on any atom is 1.00 e. The van der Waals surface area contributed by atoms with Crippen molar-refractivity contribution < 1.29 is 47.6 Å². The zero-order valence-electron chi connectivity index (χ0n) is 12.7. The summed E-state index contributed by atoms with van der Waals surface area (Å²) < 4.78 is 33.2. The van der Waals surface area contributed by atoms with Crippen molar-refractivity contribution >= 4 is 10.1 Å². The van der Waals surface area contributed by atoms with Crippen LogP contribution in [0.15, 0.2) is 23.1 Å². The van der Waals surface area contributed by atoms with Gasteiger partial charge < -0.3 is 20.3 Å². The third-order valence-corrected chi connectivity index (χ3v) is 4.25. The Bertz CT molecular complexity index is 573. The van der Waals surface area contributed by atoms with Crippen molar-refractivity contribution in [2.24, 2.45) is 0 Å². The largest absolute Gasteiger partial charge is 1.00 e. The molecule has 0 unspecified atom stereocenters. The summed E-state index contributed by atoms with van der Waals surface area (Å²) in [6.45, 7) is 5.43. The van der Waals surface area contributed by atoms with Gasteiger partial charge in [0, 0.05) is 51.4 Å². The van der Waals surface area contributed by atoms with E-state index in [4.69, 9.17) is 0 Å². The molecule has 0 atom stereocenters. The van der Waals surface area contributed by atoms with Gasteiger partial charge in [0.1, 0.15) is 15.9 Å². The zero-order valence-corrected chi connectivity index (χ0v) is 15.5. The van der Waals surface area contributed by atoms with Gasteiger partial charge in [-0.1, -0.05) is 0 Å². The van der Waals surface area contributed by atoms with Gasteiger partial charge in [-0.15, -0.1) is 0 Å². The molecule has 0 bridgehead atoms. The van der Waals surface area contributed by atoms with E-state index in [1.807, 2.05) is 0 Å². The van der Waals surface area contributed by atoms with Crippen LogP contribution in [0.5, 0.6) is 5.75 Å². The Morgan fingerprint density at radius 2 is 1.73 bits per heavy atom. The SMILES string of the molecule is O=S(=O)([O-])c1ccc(O)c(CN2CCNCCNCC2)c1.[Na+]. The second-order valence-corrected chi connectivity index (χ2v) is 6.40. The fraction of sp³-hybridized carbons (Fsp3) is 0.538. The number of hydrogen-bond acceptors (Lipinski definition) is 7. The summed E-state index contributed by atoms with van der Waals surface area (Å²) in [4.78, 5) is 1.79. The Morgan fingerprint density at radius 1 is 1.14 bits per heavy atom. The smallest absolute Gasteiger partial charge is 0.744 e. The van der Waals surface area contributed by atoms with E-state index in [0.29, 0.717) is 12.1 Å². The Hall–Kier alpha value is -0.190. The molecule has 118 valence electrons. The molecule has 9 heteroatoms. The predicted octanol–water partition coefficient (Wildman–Crippen LogP) is -3.70. The molecule has 0 saturated carbocycles. The Balaban J connectivity index is 0.00000242. The first-order chi connectivity index (χ1) is 9.97. The van der Waals surface area contributed by atoms with Crippen LogP contribution in [0.1, 0.15) is 5.56 Å². The molecule has 1 heterocycles. The zero-order chi connectivity index (χ0) is 15.3. The Kier molecular flexibility index (Phi) is 8.29. The van der Waals surface area contributed by atoms with E-state index in [-0.39, 0.29) is 40.2 Å². The van der Waals surface area contributed by atoms with E-state index in [1.54, 1.807) is 0 Å². The average molecular weight is 337 g/mol. The van der Waals surface area contributed by atoms with Crippen LogP contribution in [0.25, 0.3) is 0 Å². The molecular formula is C13H20N3NaO4S.